The number of carbonyl (C=O) groups is 1. The van der Waals surface area contributed by atoms with E-state index in [9.17, 15) is 4.79 Å². The SMILES string of the molecule is CC(NC(=O)COc1ccccc1-c1cnn(C)c1)N1CCN(C)CC1. The summed E-state index contributed by atoms with van der Waals surface area (Å²) in [6.45, 7) is 5.98. The summed E-state index contributed by atoms with van der Waals surface area (Å²) < 4.78 is 7.54. The first-order valence-electron chi connectivity index (χ1n) is 8.96. The van der Waals surface area contributed by atoms with Gasteiger partial charge in [0.25, 0.3) is 5.91 Å². The molecule has 2 aromatic rings. The molecular weight excluding hydrogens is 330 g/mol. The van der Waals surface area contributed by atoms with Crippen LogP contribution in [0.1, 0.15) is 6.92 Å². The third-order valence-corrected chi connectivity index (χ3v) is 4.72. The predicted molar refractivity (Wildman–Crippen MR) is 101 cm³/mol. The minimum Gasteiger partial charge on any atom is -0.483 e. The molecule has 7 nitrogen and oxygen atoms in total. The van der Waals surface area contributed by atoms with Gasteiger partial charge in [0.15, 0.2) is 6.61 Å². The molecule has 1 amide bonds. The Morgan fingerprint density at radius 3 is 2.65 bits per heavy atom. The fourth-order valence-electron chi connectivity index (χ4n) is 3.11. The lowest BCUT2D eigenvalue weighted by atomic mass is 10.1. The molecule has 3 rings (SSSR count). The van der Waals surface area contributed by atoms with E-state index >= 15 is 0 Å². The highest BCUT2D eigenvalue weighted by molar-refractivity contribution is 5.78. The summed E-state index contributed by atoms with van der Waals surface area (Å²) >= 11 is 0. The highest BCUT2D eigenvalue weighted by atomic mass is 16.5. The van der Waals surface area contributed by atoms with Gasteiger partial charge < -0.3 is 15.0 Å². The molecule has 1 fully saturated rings. The summed E-state index contributed by atoms with van der Waals surface area (Å²) in [5, 5.41) is 7.22. The Bertz CT molecular complexity index is 737. The maximum absolute atomic E-state index is 12.3. The Hall–Kier alpha value is -2.38. The summed E-state index contributed by atoms with van der Waals surface area (Å²) in [5.74, 6) is 0.570. The number of benzene rings is 1. The molecule has 7 heteroatoms. The Labute approximate surface area is 154 Å². The van der Waals surface area contributed by atoms with Crippen molar-refractivity contribution in [3.63, 3.8) is 0 Å². The van der Waals surface area contributed by atoms with Crippen molar-refractivity contribution < 1.29 is 9.53 Å². The van der Waals surface area contributed by atoms with Crippen LogP contribution in [0.2, 0.25) is 0 Å². The number of para-hydroxylation sites is 1. The molecule has 140 valence electrons. The van der Waals surface area contributed by atoms with E-state index in [0.717, 1.165) is 37.3 Å². The molecule has 0 radical (unpaired) electrons. The number of nitrogens with zero attached hydrogens (tertiary/aromatic N) is 4. The monoisotopic (exact) mass is 357 g/mol. The van der Waals surface area contributed by atoms with E-state index in [2.05, 4.69) is 27.3 Å². The molecule has 1 aromatic heterocycles. The van der Waals surface area contributed by atoms with E-state index in [-0.39, 0.29) is 18.7 Å². The third-order valence-electron chi connectivity index (χ3n) is 4.72. The Balaban J connectivity index is 1.55. The Kier molecular flexibility index (Phi) is 5.90. The van der Waals surface area contributed by atoms with Crippen LogP contribution < -0.4 is 10.1 Å². The van der Waals surface area contributed by atoms with Crippen molar-refractivity contribution in [2.45, 2.75) is 13.1 Å². The molecule has 2 heterocycles. The maximum Gasteiger partial charge on any atom is 0.259 e. The van der Waals surface area contributed by atoms with Crippen molar-refractivity contribution in [1.82, 2.24) is 24.9 Å². The zero-order valence-corrected chi connectivity index (χ0v) is 15.7. The van der Waals surface area contributed by atoms with Crippen LogP contribution in [0.25, 0.3) is 11.1 Å². The average molecular weight is 357 g/mol. The van der Waals surface area contributed by atoms with Gasteiger partial charge in [-0.2, -0.15) is 5.10 Å². The number of carbonyl (C=O) groups excluding carboxylic acids is 1. The topological polar surface area (TPSA) is 62.6 Å². The van der Waals surface area contributed by atoms with E-state index in [1.807, 2.05) is 44.4 Å². The van der Waals surface area contributed by atoms with Gasteiger partial charge in [-0.3, -0.25) is 14.4 Å². The van der Waals surface area contributed by atoms with E-state index < -0.39 is 0 Å². The number of piperazine rings is 1. The van der Waals surface area contributed by atoms with Crippen LogP contribution in [0, 0.1) is 0 Å². The summed E-state index contributed by atoms with van der Waals surface area (Å²) in [6, 6.07) is 7.70. The zero-order valence-electron chi connectivity index (χ0n) is 15.7. The van der Waals surface area contributed by atoms with Crippen LogP contribution in [0.4, 0.5) is 0 Å². The number of aromatic nitrogens is 2. The van der Waals surface area contributed by atoms with Gasteiger partial charge >= 0.3 is 0 Å². The van der Waals surface area contributed by atoms with Crippen molar-refractivity contribution in [3.05, 3.63) is 36.7 Å². The zero-order chi connectivity index (χ0) is 18.5. The van der Waals surface area contributed by atoms with Crippen molar-refractivity contribution in [2.24, 2.45) is 7.05 Å². The summed E-state index contributed by atoms with van der Waals surface area (Å²) in [7, 11) is 3.99. The molecule has 1 aliphatic rings. The molecule has 1 atom stereocenters. The number of likely N-dealkylation sites (N-methyl/N-ethyl adjacent to an activating group) is 1. The quantitative estimate of drug-likeness (QED) is 0.841. The normalized spacial score (nSPS) is 17.0. The smallest absolute Gasteiger partial charge is 0.259 e. The van der Waals surface area contributed by atoms with Crippen LogP contribution >= 0.6 is 0 Å². The van der Waals surface area contributed by atoms with E-state index in [4.69, 9.17) is 4.74 Å². The number of aryl methyl sites for hydroxylation is 1. The fraction of sp³-hybridized carbons (Fsp3) is 0.474. The summed E-state index contributed by atoms with van der Waals surface area (Å²) in [4.78, 5) is 16.9. The van der Waals surface area contributed by atoms with Gasteiger partial charge in [0, 0.05) is 50.6 Å². The fourth-order valence-corrected chi connectivity index (χ4v) is 3.11. The molecular formula is C19H27N5O2. The van der Waals surface area contributed by atoms with Crippen molar-refractivity contribution in [1.29, 1.82) is 0 Å². The van der Waals surface area contributed by atoms with Crippen LogP contribution in [-0.4, -0.2) is 71.5 Å². The number of rotatable bonds is 6. The van der Waals surface area contributed by atoms with Gasteiger partial charge in [0.1, 0.15) is 5.75 Å². The van der Waals surface area contributed by atoms with E-state index in [0.29, 0.717) is 5.75 Å². The molecule has 1 aliphatic heterocycles. The summed E-state index contributed by atoms with van der Waals surface area (Å²) in [6.07, 6.45) is 3.73. The van der Waals surface area contributed by atoms with Crippen LogP contribution in [0.5, 0.6) is 5.75 Å². The van der Waals surface area contributed by atoms with Crippen LogP contribution in [0.15, 0.2) is 36.7 Å². The second-order valence-electron chi connectivity index (χ2n) is 6.77. The lowest BCUT2D eigenvalue weighted by Gasteiger charge is -2.36. The lowest BCUT2D eigenvalue weighted by molar-refractivity contribution is -0.125. The minimum absolute atomic E-state index is 0.00460. The van der Waals surface area contributed by atoms with E-state index in [1.165, 1.54) is 0 Å². The highest BCUT2D eigenvalue weighted by Gasteiger charge is 2.20. The first-order chi connectivity index (χ1) is 12.5. The lowest BCUT2D eigenvalue weighted by Crippen LogP contribution is -2.54. The predicted octanol–water partition coefficient (Wildman–Crippen LogP) is 1.18. The molecule has 26 heavy (non-hydrogen) atoms. The standard InChI is InChI=1S/C19H27N5O2/c1-15(24-10-8-22(2)9-11-24)21-19(25)14-26-18-7-5-4-6-17(18)16-12-20-23(3)13-16/h4-7,12-13,15H,8-11,14H2,1-3H3,(H,21,25). The van der Waals surface area contributed by atoms with E-state index in [1.54, 1.807) is 10.9 Å². The molecule has 1 N–H and O–H groups in total. The van der Waals surface area contributed by atoms with Crippen molar-refractivity contribution in [2.75, 3.05) is 39.8 Å². The summed E-state index contributed by atoms with van der Waals surface area (Å²) in [5.41, 5.74) is 1.90. The Morgan fingerprint density at radius 1 is 1.23 bits per heavy atom. The molecule has 1 aromatic carbocycles. The number of hydrogen-bond acceptors (Lipinski definition) is 5. The van der Waals surface area contributed by atoms with Crippen molar-refractivity contribution in [3.8, 4) is 16.9 Å². The first-order valence-corrected chi connectivity index (χ1v) is 8.96. The average Bonchev–Trinajstić information content (AvgIpc) is 3.07. The van der Waals surface area contributed by atoms with Gasteiger partial charge in [-0.15, -0.1) is 0 Å². The minimum atomic E-state index is -0.114. The van der Waals surface area contributed by atoms with Gasteiger partial charge in [-0.25, -0.2) is 0 Å². The van der Waals surface area contributed by atoms with Gasteiger partial charge in [-0.05, 0) is 20.0 Å². The third kappa shape index (κ3) is 4.62. The molecule has 1 unspecified atom stereocenters. The number of hydrogen-bond donors (Lipinski definition) is 1. The second kappa shape index (κ2) is 8.33. The molecule has 0 bridgehead atoms. The largest absolute Gasteiger partial charge is 0.483 e. The van der Waals surface area contributed by atoms with Crippen LogP contribution in [-0.2, 0) is 11.8 Å². The van der Waals surface area contributed by atoms with Gasteiger partial charge in [0.05, 0.1) is 12.4 Å². The molecule has 0 spiro atoms. The molecule has 1 saturated heterocycles. The molecule has 0 saturated carbocycles. The van der Waals surface area contributed by atoms with Crippen LogP contribution in [0.3, 0.4) is 0 Å². The van der Waals surface area contributed by atoms with Gasteiger partial charge in [-0.1, -0.05) is 18.2 Å². The number of nitrogens with one attached hydrogen (secondary N) is 1. The maximum atomic E-state index is 12.3. The number of amides is 1. The van der Waals surface area contributed by atoms with Crippen molar-refractivity contribution >= 4 is 5.91 Å². The number of ether oxygens (including phenoxy) is 1. The molecule has 0 aliphatic carbocycles. The van der Waals surface area contributed by atoms with Gasteiger partial charge in [0.2, 0.25) is 0 Å². The first kappa shape index (κ1) is 18.4. The highest BCUT2D eigenvalue weighted by Crippen LogP contribution is 2.29. The second-order valence-corrected chi connectivity index (χ2v) is 6.77. The Morgan fingerprint density at radius 2 is 1.96 bits per heavy atom.